The number of rotatable bonds is 8. The van der Waals surface area contributed by atoms with Gasteiger partial charge in [-0.2, -0.15) is 4.98 Å². The minimum atomic E-state index is 0.586. The van der Waals surface area contributed by atoms with E-state index in [1.54, 1.807) is 0 Å². The molecule has 382 valence electrons. The van der Waals surface area contributed by atoms with Crippen molar-refractivity contribution in [2.75, 3.05) is 0 Å². The minimum Gasteiger partial charge on any atom is -0.309 e. The number of hydrogen-bond acceptors (Lipinski definition) is 2. The predicted octanol–water partition coefficient (Wildman–Crippen LogP) is 19.5. The highest BCUT2D eigenvalue weighted by atomic mass is 15.2. The van der Waals surface area contributed by atoms with E-state index in [0.717, 1.165) is 105 Å². The lowest BCUT2D eigenvalue weighted by molar-refractivity contribution is 0.952. The molecule has 17 rings (SSSR count). The Hall–Kier alpha value is -11.1. The Labute approximate surface area is 471 Å². The average Bonchev–Trinajstić information content (AvgIpc) is 3.56. The largest absolute Gasteiger partial charge is 0.309 e. The summed E-state index contributed by atoms with van der Waals surface area (Å²) in [6.45, 7) is 0. The average molecular weight is 1050 g/mol. The molecule has 0 unspecified atom stereocenters. The molecule has 0 fully saturated rings. The van der Waals surface area contributed by atoms with E-state index < -0.39 is 0 Å². The van der Waals surface area contributed by atoms with Crippen molar-refractivity contribution in [3.63, 3.8) is 0 Å². The molecule has 0 saturated heterocycles. The van der Waals surface area contributed by atoms with Crippen molar-refractivity contribution >= 4 is 87.2 Å². The Morgan fingerprint density at radius 2 is 0.573 bits per heavy atom. The number of nitrogens with zero attached hydrogens (tertiary/aromatic N) is 6. The number of aromatic nitrogens is 6. The summed E-state index contributed by atoms with van der Waals surface area (Å²) in [6, 6.07) is 105. The number of fused-ring (bicyclic) bond motifs is 12. The van der Waals surface area contributed by atoms with Gasteiger partial charge in [-0.25, -0.2) is 4.98 Å². The molecule has 0 bridgehead atoms. The molecular formula is C76H48N6. The van der Waals surface area contributed by atoms with E-state index >= 15 is 0 Å². The fourth-order valence-corrected chi connectivity index (χ4v) is 13.1. The Morgan fingerprint density at radius 3 is 1.10 bits per heavy atom. The van der Waals surface area contributed by atoms with Crippen LogP contribution in [-0.4, -0.2) is 28.2 Å². The Balaban J connectivity index is 0.894. The summed E-state index contributed by atoms with van der Waals surface area (Å²) in [4.78, 5) is 11.5. The minimum absolute atomic E-state index is 0.586. The zero-order valence-electron chi connectivity index (χ0n) is 44.4. The first-order chi connectivity index (χ1) is 40.7. The molecule has 0 atom stereocenters. The van der Waals surface area contributed by atoms with Crippen LogP contribution in [0.25, 0.3) is 155 Å². The fraction of sp³-hybridized carbons (Fsp3) is 0. The second-order valence-corrected chi connectivity index (χ2v) is 21.3. The van der Waals surface area contributed by atoms with Gasteiger partial charge in [0.05, 0.1) is 49.8 Å². The maximum absolute atomic E-state index is 5.77. The lowest BCUT2D eigenvalue weighted by atomic mass is 9.97. The van der Waals surface area contributed by atoms with Gasteiger partial charge >= 0.3 is 0 Å². The SMILES string of the molecule is c1ccc(-c2ccccc2-c2cc(-n3c4ccccc4c4ccc(-c5ccc6c(c5)c5ccccc5n6-c5ccccc5)cc43)nc(-n3c4ccccc4c4ccc(-c5ccc6c(c5)c5ccccc5n6-c5ccccc5)cc43)n2)cc1. The Kier molecular flexibility index (Phi) is 10.2. The third kappa shape index (κ3) is 7.08. The van der Waals surface area contributed by atoms with Gasteiger partial charge in [0.2, 0.25) is 5.95 Å². The zero-order chi connectivity index (χ0) is 53.8. The van der Waals surface area contributed by atoms with Gasteiger partial charge in [0.1, 0.15) is 5.82 Å². The summed E-state index contributed by atoms with van der Waals surface area (Å²) >= 11 is 0. The summed E-state index contributed by atoms with van der Waals surface area (Å²) in [5.74, 6) is 1.36. The molecule has 0 radical (unpaired) electrons. The molecule has 0 aliphatic carbocycles. The van der Waals surface area contributed by atoms with Crippen molar-refractivity contribution in [1.29, 1.82) is 0 Å². The first kappa shape index (κ1) is 45.9. The molecule has 0 N–H and O–H groups in total. The molecule has 5 aromatic heterocycles. The van der Waals surface area contributed by atoms with Crippen LogP contribution in [0.4, 0.5) is 0 Å². The zero-order valence-corrected chi connectivity index (χ0v) is 44.4. The molecule has 0 saturated carbocycles. The van der Waals surface area contributed by atoms with Gasteiger partial charge in [-0.05, 0) is 118 Å². The molecule has 0 spiro atoms. The predicted molar refractivity (Wildman–Crippen MR) is 341 cm³/mol. The standard InChI is InChI=1S/C76H48N6/c1-4-20-49(21-5-1)56-26-10-11-27-57(56)66-48-75(81-69-34-18-12-28-58(69)62-40-36-52(46-73(62)81)50-38-42-71-64(44-50)60-30-14-16-32-67(60)79(71)54-22-6-2-7-23-54)78-76(77-66)82-70-35-19-13-29-59(70)63-41-37-53(47-74(63)82)51-39-43-72-65(45-51)61-31-15-17-33-68(61)80(72)55-24-8-3-9-25-55/h1-48H. The molecule has 0 aliphatic rings. The van der Waals surface area contributed by atoms with E-state index in [0.29, 0.717) is 5.95 Å². The van der Waals surface area contributed by atoms with Crippen LogP contribution in [0.5, 0.6) is 0 Å². The summed E-state index contributed by atoms with van der Waals surface area (Å²) in [6.07, 6.45) is 0. The molecule has 6 heteroatoms. The first-order valence-corrected chi connectivity index (χ1v) is 28.0. The molecule has 6 nitrogen and oxygen atoms in total. The highest BCUT2D eigenvalue weighted by Crippen LogP contribution is 2.42. The number of hydrogen-bond donors (Lipinski definition) is 0. The van der Waals surface area contributed by atoms with Crippen LogP contribution < -0.4 is 0 Å². The van der Waals surface area contributed by atoms with Crippen LogP contribution >= 0.6 is 0 Å². The molecule has 0 amide bonds. The van der Waals surface area contributed by atoms with Crippen molar-refractivity contribution in [2.45, 2.75) is 0 Å². The van der Waals surface area contributed by atoms with Gasteiger partial charge in [-0.15, -0.1) is 0 Å². The van der Waals surface area contributed by atoms with E-state index in [2.05, 4.69) is 309 Å². The van der Waals surface area contributed by atoms with Gasteiger partial charge in [0.15, 0.2) is 0 Å². The maximum atomic E-state index is 5.77. The summed E-state index contributed by atoms with van der Waals surface area (Å²) in [5, 5.41) is 9.44. The first-order valence-electron chi connectivity index (χ1n) is 28.0. The third-order valence-corrected chi connectivity index (χ3v) is 16.8. The highest BCUT2D eigenvalue weighted by molar-refractivity contribution is 6.14. The fourth-order valence-electron chi connectivity index (χ4n) is 13.1. The lowest BCUT2D eigenvalue weighted by Gasteiger charge is -2.16. The second kappa shape index (κ2) is 18.2. The van der Waals surface area contributed by atoms with Gasteiger partial charge in [-0.1, -0.05) is 200 Å². The lowest BCUT2D eigenvalue weighted by Crippen LogP contribution is -2.07. The van der Waals surface area contributed by atoms with E-state index in [9.17, 15) is 0 Å². The van der Waals surface area contributed by atoms with Crippen LogP contribution in [0.3, 0.4) is 0 Å². The summed E-state index contributed by atoms with van der Waals surface area (Å²) in [7, 11) is 0. The van der Waals surface area contributed by atoms with Crippen LogP contribution in [-0.2, 0) is 0 Å². The Morgan fingerprint density at radius 1 is 0.207 bits per heavy atom. The van der Waals surface area contributed by atoms with Gasteiger partial charge in [-0.3, -0.25) is 9.13 Å². The van der Waals surface area contributed by atoms with E-state index in [4.69, 9.17) is 9.97 Å². The third-order valence-electron chi connectivity index (χ3n) is 16.8. The van der Waals surface area contributed by atoms with Crippen LogP contribution in [0.1, 0.15) is 0 Å². The molecule has 5 heterocycles. The maximum Gasteiger partial charge on any atom is 0.237 e. The number of benzene rings is 12. The van der Waals surface area contributed by atoms with E-state index in [1.807, 2.05) is 0 Å². The van der Waals surface area contributed by atoms with Crippen molar-refractivity contribution in [2.24, 2.45) is 0 Å². The van der Waals surface area contributed by atoms with E-state index in [1.165, 1.54) is 43.6 Å². The van der Waals surface area contributed by atoms with Crippen molar-refractivity contribution < 1.29 is 0 Å². The molecule has 17 aromatic rings. The summed E-state index contributed by atoms with van der Waals surface area (Å²) in [5.41, 5.74) is 19.8. The van der Waals surface area contributed by atoms with Crippen molar-refractivity contribution in [3.05, 3.63) is 291 Å². The van der Waals surface area contributed by atoms with Crippen LogP contribution in [0, 0.1) is 0 Å². The molecule has 0 aliphatic heterocycles. The van der Waals surface area contributed by atoms with Gasteiger partial charge < -0.3 is 9.13 Å². The topological polar surface area (TPSA) is 45.5 Å². The van der Waals surface area contributed by atoms with Gasteiger partial charge in [0.25, 0.3) is 0 Å². The number of para-hydroxylation sites is 6. The van der Waals surface area contributed by atoms with Crippen LogP contribution in [0.15, 0.2) is 291 Å². The quantitative estimate of drug-likeness (QED) is 0.152. The second-order valence-electron chi connectivity index (χ2n) is 21.3. The van der Waals surface area contributed by atoms with Crippen LogP contribution in [0.2, 0.25) is 0 Å². The smallest absolute Gasteiger partial charge is 0.237 e. The molecule has 12 aromatic carbocycles. The Bertz CT molecular complexity index is 5100. The molecular weight excluding hydrogens is 997 g/mol. The monoisotopic (exact) mass is 1040 g/mol. The normalized spacial score (nSPS) is 11.9. The molecule has 82 heavy (non-hydrogen) atoms. The summed E-state index contributed by atoms with van der Waals surface area (Å²) < 4.78 is 9.39. The van der Waals surface area contributed by atoms with Gasteiger partial charge in [0, 0.05) is 66.1 Å². The van der Waals surface area contributed by atoms with Crippen molar-refractivity contribution in [1.82, 2.24) is 28.2 Å². The highest BCUT2D eigenvalue weighted by Gasteiger charge is 2.23. The van der Waals surface area contributed by atoms with E-state index in [-0.39, 0.29) is 0 Å². The van der Waals surface area contributed by atoms with Crippen molar-refractivity contribution in [3.8, 4) is 67.8 Å².